The van der Waals surface area contributed by atoms with Crippen LogP contribution < -0.4 is 0 Å². The van der Waals surface area contributed by atoms with Crippen molar-refractivity contribution in [2.45, 2.75) is 342 Å². The smallest absolute Gasteiger partial charge is 0.410 e. The summed E-state index contributed by atoms with van der Waals surface area (Å²) in [6, 6.07) is 0. The van der Waals surface area contributed by atoms with E-state index < -0.39 is 0 Å². The lowest BCUT2D eigenvalue weighted by Gasteiger charge is -2.26. The van der Waals surface area contributed by atoms with Crippen molar-refractivity contribution >= 4 is 24.0 Å². The van der Waals surface area contributed by atoms with Crippen molar-refractivity contribution in [2.75, 3.05) is 33.7 Å². The fraction of sp³-hybridized carbons (Fsp3) is 0.935. The largest absolute Gasteiger partial charge is 0.463 e. The molecule has 10 nitrogen and oxygen atoms in total. The maximum absolute atomic E-state index is 13.9. The lowest BCUT2D eigenvalue weighted by Crippen LogP contribution is -2.38. The fourth-order valence-electron chi connectivity index (χ4n) is 9.68. The Morgan fingerprint density at radius 3 is 0.986 bits per heavy atom. The van der Waals surface area contributed by atoms with Gasteiger partial charge in [0.2, 0.25) is 0 Å². The van der Waals surface area contributed by atoms with E-state index in [9.17, 15) is 19.2 Å². The van der Waals surface area contributed by atoms with E-state index in [2.05, 4.69) is 39.5 Å². The topological polar surface area (TPSA) is 112 Å². The van der Waals surface area contributed by atoms with Gasteiger partial charge in [-0.05, 0) is 137 Å². The Morgan fingerprint density at radius 1 is 0.319 bits per heavy atom. The first kappa shape index (κ1) is 69.6. The Morgan fingerprint density at radius 2 is 0.625 bits per heavy atom. The van der Waals surface area contributed by atoms with Gasteiger partial charge in [-0.2, -0.15) is 0 Å². The molecule has 0 N–H and O–H groups in total. The Kier molecular flexibility index (Phi) is 50.4. The number of amides is 1. The van der Waals surface area contributed by atoms with Crippen molar-refractivity contribution in [3.63, 3.8) is 0 Å². The lowest BCUT2D eigenvalue weighted by atomic mass is 10.0. The van der Waals surface area contributed by atoms with Crippen LogP contribution in [0.2, 0.25) is 0 Å². The third-order valence-electron chi connectivity index (χ3n) is 14.4. The molecule has 0 heterocycles. The number of carbonyl (C=O) groups is 4. The van der Waals surface area contributed by atoms with Crippen LogP contribution in [-0.4, -0.2) is 91.9 Å². The van der Waals surface area contributed by atoms with E-state index in [1.165, 1.54) is 89.9 Å². The SMILES string of the molecule is CCCCCCC(C)OC(=O)CCN(CCCN(C)C)C(=O)OC(CCCCCCCCC(=O)OC(CCCCCC)CCCCCC)CCCCCCCCC(=O)OC(CCCCCC)CCCCCC. The molecule has 0 aromatic heterocycles. The summed E-state index contributed by atoms with van der Waals surface area (Å²) in [4.78, 5) is 56.3. The molecule has 0 aromatic carbocycles. The zero-order chi connectivity index (χ0) is 53.1. The minimum Gasteiger partial charge on any atom is -0.463 e. The molecule has 0 fully saturated rings. The molecule has 0 radical (unpaired) electrons. The summed E-state index contributed by atoms with van der Waals surface area (Å²) in [5.74, 6) is -0.311. The maximum atomic E-state index is 13.9. The van der Waals surface area contributed by atoms with E-state index in [-0.39, 0.29) is 54.8 Å². The highest BCUT2D eigenvalue weighted by molar-refractivity contribution is 5.72. The molecule has 0 saturated heterocycles. The summed E-state index contributed by atoms with van der Waals surface area (Å²) >= 11 is 0. The molecule has 1 amide bonds. The van der Waals surface area contributed by atoms with Crippen molar-refractivity contribution in [1.29, 1.82) is 0 Å². The molecular weight excluding hydrogens is 901 g/mol. The van der Waals surface area contributed by atoms with Gasteiger partial charge in [0.05, 0.1) is 12.5 Å². The second-order valence-electron chi connectivity index (χ2n) is 22.0. The number of unbranched alkanes of at least 4 members (excludes halogenated alkanes) is 25. The van der Waals surface area contributed by atoms with Crippen molar-refractivity contribution in [1.82, 2.24) is 9.80 Å². The molecular formula is C62H120N2O8. The first-order valence-corrected chi connectivity index (χ1v) is 31.2. The van der Waals surface area contributed by atoms with E-state index in [1.807, 2.05) is 21.0 Å². The molecule has 0 aliphatic carbocycles. The van der Waals surface area contributed by atoms with E-state index in [1.54, 1.807) is 4.90 Å². The standard InChI is InChI=1S/C62H120N2O8/c1-9-14-19-32-42-55(6)69-61(67)51-54-64(53-41-52-63(7)8)62(68)72-58(47-37-28-24-26-30-39-49-59(65)70-56(43-33-20-15-10-2)44-34-21-16-11-3)48-38-29-25-27-31-40-50-60(66)71-57(45-35-22-17-12-4)46-36-23-18-13-5/h55-58H,9-54H2,1-8H3. The highest BCUT2D eigenvalue weighted by atomic mass is 16.6. The number of nitrogens with zero attached hydrogens (tertiary/aromatic N) is 2. The van der Waals surface area contributed by atoms with Crippen LogP contribution in [0.25, 0.3) is 0 Å². The van der Waals surface area contributed by atoms with Gasteiger partial charge in [0.15, 0.2) is 0 Å². The normalized spacial score (nSPS) is 12.1. The summed E-state index contributed by atoms with van der Waals surface area (Å²) in [6.45, 7) is 14.8. The molecule has 1 unspecified atom stereocenters. The predicted octanol–water partition coefficient (Wildman–Crippen LogP) is 18.0. The van der Waals surface area contributed by atoms with Crippen LogP contribution in [0.15, 0.2) is 0 Å². The third kappa shape index (κ3) is 46.2. The number of carbonyl (C=O) groups excluding carboxylic acids is 4. The molecule has 1 atom stereocenters. The lowest BCUT2D eigenvalue weighted by molar-refractivity contribution is -0.151. The van der Waals surface area contributed by atoms with Crippen LogP contribution in [0, 0.1) is 0 Å². The third-order valence-corrected chi connectivity index (χ3v) is 14.4. The average molecular weight is 1020 g/mol. The second kappa shape index (κ2) is 52.1. The Bertz CT molecular complexity index is 1150. The zero-order valence-corrected chi connectivity index (χ0v) is 49.0. The van der Waals surface area contributed by atoms with Gasteiger partial charge in [-0.3, -0.25) is 14.4 Å². The highest BCUT2D eigenvalue weighted by Crippen LogP contribution is 2.22. The van der Waals surface area contributed by atoms with Crippen LogP contribution in [0.4, 0.5) is 4.79 Å². The predicted molar refractivity (Wildman–Crippen MR) is 303 cm³/mol. The van der Waals surface area contributed by atoms with Crippen LogP contribution in [0.1, 0.15) is 318 Å². The van der Waals surface area contributed by atoms with Gasteiger partial charge in [-0.15, -0.1) is 0 Å². The average Bonchev–Trinajstić information content (AvgIpc) is 3.35. The summed E-state index contributed by atoms with van der Waals surface area (Å²) in [7, 11) is 4.07. The molecule has 0 rings (SSSR count). The Balaban J connectivity index is 5.26. The van der Waals surface area contributed by atoms with Gasteiger partial charge in [0.25, 0.3) is 0 Å². The maximum Gasteiger partial charge on any atom is 0.410 e. The van der Waals surface area contributed by atoms with Gasteiger partial charge in [0.1, 0.15) is 18.3 Å². The van der Waals surface area contributed by atoms with Crippen LogP contribution in [0.3, 0.4) is 0 Å². The minimum absolute atomic E-state index is 0.0272. The zero-order valence-electron chi connectivity index (χ0n) is 49.0. The fourth-order valence-corrected chi connectivity index (χ4v) is 9.68. The molecule has 0 aromatic rings. The summed E-state index contributed by atoms with van der Waals surface area (Å²) in [5, 5.41) is 0. The van der Waals surface area contributed by atoms with Crippen LogP contribution in [-0.2, 0) is 33.3 Å². The summed E-state index contributed by atoms with van der Waals surface area (Å²) < 4.78 is 24.1. The summed E-state index contributed by atoms with van der Waals surface area (Å²) in [5.41, 5.74) is 0. The van der Waals surface area contributed by atoms with Crippen molar-refractivity contribution in [2.24, 2.45) is 0 Å². The number of ether oxygens (including phenoxy) is 4. The van der Waals surface area contributed by atoms with Gasteiger partial charge in [-0.1, -0.05) is 182 Å². The van der Waals surface area contributed by atoms with E-state index in [0.717, 1.165) is 173 Å². The van der Waals surface area contributed by atoms with E-state index >= 15 is 0 Å². The number of rotatable bonds is 54. The molecule has 0 saturated carbocycles. The number of hydrogen-bond donors (Lipinski definition) is 0. The number of esters is 3. The second-order valence-corrected chi connectivity index (χ2v) is 22.0. The van der Waals surface area contributed by atoms with Crippen LogP contribution >= 0.6 is 0 Å². The molecule has 0 aliphatic heterocycles. The van der Waals surface area contributed by atoms with Crippen LogP contribution in [0.5, 0.6) is 0 Å². The first-order valence-electron chi connectivity index (χ1n) is 31.2. The molecule has 426 valence electrons. The van der Waals surface area contributed by atoms with Gasteiger partial charge < -0.3 is 28.7 Å². The van der Waals surface area contributed by atoms with Gasteiger partial charge in [-0.25, -0.2) is 4.79 Å². The first-order chi connectivity index (χ1) is 35.0. The van der Waals surface area contributed by atoms with E-state index in [4.69, 9.17) is 18.9 Å². The van der Waals surface area contributed by atoms with Crippen molar-refractivity contribution in [3.8, 4) is 0 Å². The number of hydrogen-bond acceptors (Lipinski definition) is 9. The molecule has 0 spiro atoms. The summed E-state index contributed by atoms with van der Waals surface area (Å²) in [6.07, 6.45) is 44.1. The highest BCUT2D eigenvalue weighted by Gasteiger charge is 2.23. The molecule has 0 aliphatic rings. The Labute approximate surface area is 446 Å². The van der Waals surface area contributed by atoms with E-state index in [0.29, 0.717) is 25.9 Å². The monoisotopic (exact) mass is 1020 g/mol. The molecule has 0 bridgehead atoms. The van der Waals surface area contributed by atoms with Crippen molar-refractivity contribution < 1.29 is 38.1 Å². The van der Waals surface area contributed by atoms with Crippen molar-refractivity contribution in [3.05, 3.63) is 0 Å². The van der Waals surface area contributed by atoms with Gasteiger partial charge >= 0.3 is 24.0 Å². The minimum atomic E-state index is -0.328. The molecule has 10 heteroatoms. The van der Waals surface area contributed by atoms with Gasteiger partial charge in [0, 0.05) is 25.9 Å². The molecule has 72 heavy (non-hydrogen) atoms. The quantitative estimate of drug-likeness (QED) is 0.0334. The Hall–Kier alpha value is -2.36.